The average molecular weight is 479 g/mol. The standard InChI is InChI=1S/C24H22N4O5S/c1-3-31-17-10-8-16(9-11-17)25-22(30)19-6-4-5-7-20(19)26-21(29)14-34-24-28-27-23(33-24)18-12-13-32-15(18)2/h4-13H,3,14H2,1-2H3,(H,25,30)(H,26,29). The average Bonchev–Trinajstić information content (AvgIpc) is 3.48. The van der Waals surface area contributed by atoms with Crippen molar-refractivity contribution in [1.29, 1.82) is 0 Å². The third-order valence-electron chi connectivity index (χ3n) is 4.69. The van der Waals surface area contributed by atoms with Crippen LogP contribution in [-0.4, -0.2) is 34.4 Å². The van der Waals surface area contributed by atoms with Gasteiger partial charge in [-0.05, 0) is 56.3 Å². The quantitative estimate of drug-likeness (QED) is 0.322. The molecular weight excluding hydrogens is 456 g/mol. The van der Waals surface area contributed by atoms with Gasteiger partial charge in [-0.3, -0.25) is 9.59 Å². The molecule has 0 saturated heterocycles. The predicted molar refractivity (Wildman–Crippen MR) is 128 cm³/mol. The number of ether oxygens (including phenoxy) is 1. The van der Waals surface area contributed by atoms with E-state index in [1.807, 2.05) is 6.92 Å². The van der Waals surface area contributed by atoms with E-state index in [9.17, 15) is 9.59 Å². The van der Waals surface area contributed by atoms with Crippen LogP contribution in [0.4, 0.5) is 11.4 Å². The van der Waals surface area contributed by atoms with Crippen LogP contribution in [0.2, 0.25) is 0 Å². The predicted octanol–water partition coefficient (Wildman–Crippen LogP) is 5.02. The van der Waals surface area contributed by atoms with Gasteiger partial charge in [-0.1, -0.05) is 23.9 Å². The largest absolute Gasteiger partial charge is 0.494 e. The molecule has 2 N–H and O–H groups in total. The van der Waals surface area contributed by atoms with Gasteiger partial charge in [-0.25, -0.2) is 0 Å². The molecule has 0 bridgehead atoms. The summed E-state index contributed by atoms with van der Waals surface area (Å²) in [6.45, 7) is 4.26. The number of rotatable bonds is 9. The molecule has 4 aromatic rings. The maximum absolute atomic E-state index is 12.8. The van der Waals surface area contributed by atoms with Gasteiger partial charge in [0.2, 0.25) is 5.91 Å². The van der Waals surface area contributed by atoms with Gasteiger partial charge in [-0.2, -0.15) is 0 Å². The number of aromatic nitrogens is 2. The van der Waals surface area contributed by atoms with Crippen molar-refractivity contribution in [2.75, 3.05) is 23.0 Å². The number of aryl methyl sites for hydroxylation is 1. The Bertz CT molecular complexity index is 1280. The molecule has 0 atom stereocenters. The Kier molecular flexibility index (Phi) is 7.28. The number of carbonyl (C=O) groups excluding carboxylic acids is 2. The van der Waals surface area contributed by atoms with Gasteiger partial charge in [-0.15, -0.1) is 10.2 Å². The highest BCUT2D eigenvalue weighted by Crippen LogP contribution is 2.26. The fourth-order valence-corrected chi connectivity index (χ4v) is 3.65. The fourth-order valence-electron chi connectivity index (χ4n) is 3.09. The monoisotopic (exact) mass is 478 g/mol. The van der Waals surface area contributed by atoms with Crippen molar-refractivity contribution < 1.29 is 23.2 Å². The summed E-state index contributed by atoms with van der Waals surface area (Å²) in [7, 11) is 0. The first kappa shape index (κ1) is 23.1. The van der Waals surface area contributed by atoms with Crippen molar-refractivity contribution in [3.05, 3.63) is 72.2 Å². The maximum Gasteiger partial charge on any atom is 0.277 e. The maximum atomic E-state index is 12.8. The van der Waals surface area contributed by atoms with E-state index in [2.05, 4.69) is 20.8 Å². The van der Waals surface area contributed by atoms with Crippen molar-refractivity contribution >= 4 is 35.0 Å². The van der Waals surface area contributed by atoms with E-state index in [0.717, 1.165) is 17.5 Å². The molecule has 0 unspecified atom stereocenters. The molecule has 34 heavy (non-hydrogen) atoms. The summed E-state index contributed by atoms with van der Waals surface area (Å²) < 4.78 is 16.2. The van der Waals surface area contributed by atoms with Gasteiger partial charge in [0.15, 0.2) is 0 Å². The van der Waals surface area contributed by atoms with Crippen molar-refractivity contribution in [2.24, 2.45) is 0 Å². The van der Waals surface area contributed by atoms with E-state index in [-0.39, 0.29) is 22.8 Å². The summed E-state index contributed by atoms with van der Waals surface area (Å²) in [5.74, 6) is 1.08. The van der Waals surface area contributed by atoms with E-state index < -0.39 is 0 Å². The molecule has 2 aromatic heterocycles. The lowest BCUT2D eigenvalue weighted by Crippen LogP contribution is -2.19. The molecule has 0 fully saturated rings. The number of anilines is 2. The minimum absolute atomic E-state index is 0.0286. The number of carbonyl (C=O) groups is 2. The van der Waals surface area contributed by atoms with Crippen LogP contribution in [0.5, 0.6) is 5.75 Å². The Morgan fingerprint density at radius 1 is 1.03 bits per heavy atom. The molecule has 9 nitrogen and oxygen atoms in total. The molecule has 4 rings (SSSR count). The van der Waals surface area contributed by atoms with Gasteiger partial charge in [0, 0.05) is 5.69 Å². The minimum atomic E-state index is -0.343. The molecule has 174 valence electrons. The lowest BCUT2D eigenvalue weighted by molar-refractivity contribution is -0.113. The number of benzene rings is 2. The van der Waals surface area contributed by atoms with E-state index in [0.29, 0.717) is 40.8 Å². The molecule has 0 aliphatic heterocycles. The second-order valence-electron chi connectivity index (χ2n) is 7.06. The van der Waals surface area contributed by atoms with Crippen molar-refractivity contribution in [2.45, 2.75) is 19.1 Å². The second-order valence-corrected chi connectivity index (χ2v) is 7.98. The Morgan fingerprint density at radius 3 is 2.56 bits per heavy atom. The van der Waals surface area contributed by atoms with Gasteiger partial charge in [0.05, 0.1) is 35.4 Å². The lowest BCUT2D eigenvalue weighted by Gasteiger charge is -2.11. The number of hydrogen-bond acceptors (Lipinski definition) is 8. The SMILES string of the molecule is CCOc1ccc(NC(=O)c2ccccc2NC(=O)CSc2nnc(-c3ccoc3C)o2)cc1. The highest BCUT2D eigenvalue weighted by atomic mass is 32.2. The number of nitrogens with zero attached hydrogens (tertiary/aromatic N) is 2. The summed E-state index contributed by atoms with van der Waals surface area (Å²) >= 11 is 1.10. The zero-order valence-electron chi connectivity index (χ0n) is 18.5. The van der Waals surface area contributed by atoms with Crippen LogP contribution in [0.3, 0.4) is 0 Å². The van der Waals surface area contributed by atoms with Crippen LogP contribution in [0.15, 0.2) is 74.9 Å². The first-order chi connectivity index (χ1) is 16.5. The van der Waals surface area contributed by atoms with E-state index >= 15 is 0 Å². The molecule has 2 heterocycles. The molecule has 0 radical (unpaired) electrons. The van der Waals surface area contributed by atoms with E-state index in [4.69, 9.17) is 13.6 Å². The number of thioether (sulfide) groups is 1. The number of hydrogen-bond donors (Lipinski definition) is 2. The van der Waals surface area contributed by atoms with Gasteiger partial charge in [0.25, 0.3) is 17.0 Å². The van der Waals surface area contributed by atoms with Crippen molar-refractivity contribution in [3.63, 3.8) is 0 Å². The fraction of sp³-hybridized carbons (Fsp3) is 0.167. The summed E-state index contributed by atoms with van der Waals surface area (Å²) in [5.41, 5.74) is 2.06. The Balaban J connectivity index is 1.36. The molecule has 2 amide bonds. The lowest BCUT2D eigenvalue weighted by atomic mass is 10.1. The van der Waals surface area contributed by atoms with Crippen molar-refractivity contribution in [3.8, 4) is 17.2 Å². The molecule has 0 spiro atoms. The van der Waals surface area contributed by atoms with Crippen LogP contribution < -0.4 is 15.4 Å². The van der Waals surface area contributed by atoms with E-state index in [1.54, 1.807) is 67.8 Å². The second kappa shape index (κ2) is 10.7. The highest BCUT2D eigenvalue weighted by Gasteiger charge is 2.16. The van der Waals surface area contributed by atoms with Gasteiger partial charge < -0.3 is 24.2 Å². The highest BCUT2D eigenvalue weighted by molar-refractivity contribution is 7.99. The molecule has 0 saturated carbocycles. The number of amides is 2. The summed E-state index contributed by atoms with van der Waals surface area (Å²) in [5, 5.41) is 13.8. The van der Waals surface area contributed by atoms with Gasteiger partial charge in [0.1, 0.15) is 11.5 Å². The summed E-state index contributed by atoms with van der Waals surface area (Å²) in [6.07, 6.45) is 1.54. The topological polar surface area (TPSA) is 119 Å². The Hall–Kier alpha value is -4.05. The zero-order chi connectivity index (χ0) is 23.9. The Labute approximate surface area is 199 Å². The first-order valence-electron chi connectivity index (χ1n) is 10.5. The van der Waals surface area contributed by atoms with Gasteiger partial charge >= 0.3 is 0 Å². The zero-order valence-corrected chi connectivity index (χ0v) is 19.3. The van der Waals surface area contributed by atoms with Crippen LogP contribution in [0.25, 0.3) is 11.5 Å². The van der Waals surface area contributed by atoms with E-state index in [1.165, 1.54) is 0 Å². The number of para-hydroxylation sites is 1. The molecule has 0 aliphatic rings. The minimum Gasteiger partial charge on any atom is -0.494 e. The van der Waals surface area contributed by atoms with Crippen LogP contribution in [0.1, 0.15) is 23.0 Å². The molecule has 0 aliphatic carbocycles. The molecule has 2 aromatic carbocycles. The van der Waals surface area contributed by atoms with Crippen LogP contribution >= 0.6 is 11.8 Å². The summed E-state index contributed by atoms with van der Waals surface area (Å²) in [6, 6.07) is 15.6. The number of furan rings is 1. The Morgan fingerprint density at radius 2 is 1.82 bits per heavy atom. The summed E-state index contributed by atoms with van der Waals surface area (Å²) in [4.78, 5) is 25.3. The molecule has 10 heteroatoms. The van der Waals surface area contributed by atoms with Crippen molar-refractivity contribution in [1.82, 2.24) is 10.2 Å². The normalized spacial score (nSPS) is 10.6. The number of nitrogens with one attached hydrogen (secondary N) is 2. The van der Waals surface area contributed by atoms with Crippen LogP contribution in [-0.2, 0) is 4.79 Å². The third kappa shape index (κ3) is 5.65. The smallest absolute Gasteiger partial charge is 0.277 e. The molecular formula is C24H22N4O5S. The first-order valence-corrected chi connectivity index (χ1v) is 11.5. The third-order valence-corrected chi connectivity index (χ3v) is 5.51. The van der Waals surface area contributed by atoms with Crippen LogP contribution in [0, 0.1) is 6.92 Å².